The van der Waals surface area contributed by atoms with E-state index in [2.05, 4.69) is 0 Å². The maximum absolute atomic E-state index is 13.4. The Bertz CT molecular complexity index is 439. The molecule has 0 saturated carbocycles. The predicted molar refractivity (Wildman–Crippen MR) is 61.5 cm³/mol. The molecule has 1 amide bonds. The van der Waals surface area contributed by atoms with E-state index in [0.29, 0.717) is 11.8 Å². The van der Waals surface area contributed by atoms with Crippen LogP contribution in [0.2, 0.25) is 0 Å². The normalized spacial score (nSPS) is 15.7. The molecule has 1 aromatic rings. The maximum atomic E-state index is 13.4. The van der Waals surface area contributed by atoms with Gasteiger partial charge in [-0.2, -0.15) is 0 Å². The van der Waals surface area contributed by atoms with Gasteiger partial charge in [0.25, 0.3) is 5.91 Å². The van der Waals surface area contributed by atoms with Crippen molar-refractivity contribution in [2.45, 2.75) is 19.3 Å². The van der Waals surface area contributed by atoms with Crippen LogP contribution in [-0.4, -0.2) is 30.2 Å². The van der Waals surface area contributed by atoms with E-state index in [9.17, 15) is 14.0 Å². The molecule has 4 heteroatoms. The average Bonchev–Trinajstić information content (AvgIpc) is 2.39. The molecule has 0 radical (unpaired) electrons. The Labute approximate surface area is 99.2 Å². The number of carbonyl (C=O) groups excluding carboxylic acids is 2. The van der Waals surface area contributed by atoms with E-state index < -0.39 is 5.82 Å². The quantitative estimate of drug-likeness (QED) is 0.737. The minimum Gasteiger partial charge on any atom is -0.339 e. The summed E-state index contributed by atoms with van der Waals surface area (Å²) in [6.07, 6.45) is 3.59. The largest absolute Gasteiger partial charge is 0.339 e. The fraction of sp³-hybridized carbons (Fsp3) is 0.385. The third-order valence-electron chi connectivity index (χ3n) is 3.02. The number of amides is 1. The number of rotatable bonds is 2. The summed E-state index contributed by atoms with van der Waals surface area (Å²) in [5.41, 5.74) is 0.301. The van der Waals surface area contributed by atoms with Crippen molar-refractivity contribution in [2.75, 3.05) is 13.1 Å². The van der Waals surface area contributed by atoms with Gasteiger partial charge in [-0.15, -0.1) is 0 Å². The highest BCUT2D eigenvalue weighted by atomic mass is 19.1. The molecule has 0 unspecified atom stereocenters. The lowest BCUT2D eigenvalue weighted by Gasteiger charge is -2.26. The van der Waals surface area contributed by atoms with Gasteiger partial charge in [-0.3, -0.25) is 9.59 Å². The van der Waals surface area contributed by atoms with E-state index in [-0.39, 0.29) is 11.5 Å². The number of likely N-dealkylation sites (tertiary alicyclic amines) is 1. The first-order valence-corrected chi connectivity index (χ1v) is 5.76. The third kappa shape index (κ3) is 2.52. The molecule has 1 aliphatic rings. The van der Waals surface area contributed by atoms with Crippen molar-refractivity contribution >= 4 is 12.2 Å². The van der Waals surface area contributed by atoms with Gasteiger partial charge in [0.2, 0.25) is 0 Å². The minimum atomic E-state index is -0.636. The molecule has 0 bridgehead atoms. The van der Waals surface area contributed by atoms with Crippen molar-refractivity contribution in [3.05, 3.63) is 35.1 Å². The Kier molecular flexibility index (Phi) is 3.52. The fourth-order valence-electron chi connectivity index (χ4n) is 2.04. The highest BCUT2D eigenvalue weighted by Gasteiger charge is 2.18. The first-order valence-electron chi connectivity index (χ1n) is 5.76. The topological polar surface area (TPSA) is 37.4 Å². The van der Waals surface area contributed by atoms with Gasteiger partial charge in [-0.1, -0.05) is 0 Å². The van der Waals surface area contributed by atoms with Crippen molar-refractivity contribution in [3.8, 4) is 0 Å². The summed E-state index contributed by atoms with van der Waals surface area (Å²) in [5, 5.41) is 0. The Hall–Kier alpha value is -1.71. The highest BCUT2D eigenvalue weighted by molar-refractivity contribution is 5.95. The smallest absolute Gasteiger partial charge is 0.253 e. The minimum absolute atomic E-state index is 0.0137. The van der Waals surface area contributed by atoms with Crippen LogP contribution in [0.15, 0.2) is 18.2 Å². The van der Waals surface area contributed by atoms with E-state index in [1.54, 1.807) is 4.90 Å². The van der Waals surface area contributed by atoms with Gasteiger partial charge in [0.1, 0.15) is 5.82 Å². The number of piperidine rings is 1. The van der Waals surface area contributed by atoms with E-state index in [1.165, 1.54) is 12.1 Å². The second-order valence-electron chi connectivity index (χ2n) is 4.21. The molecule has 90 valence electrons. The maximum Gasteiger partial charge on any atom is 0.253 e. The van der Waals surface area contributed by atoms with Crippen molar-refractivity contribution in [2.24, 2.45) is 0 Å². The van der Waals surface area contributed by atoms with E-state index in [4.69, 9.17) is 0 Å². The van der Waals surface area contributed by atoms with E-state index >= 15 is 0 Å². The second-order valence-corrected chi connectivity index (χ2v) is 4.21. The van der Waals surface area contributed by atoms with Crippen molar-refractivity contribution < 1.29 is 14.0 Å². The van der Waals surface area contributed by atoms with Crippen LogP contribution in [0, 0.1) is 5.82 Å². The van der Waals surface area contributed by atoms with Gasteiger partial charge in [-0.05, 0) is 37.5 Å². The lowest BCUT2D eigenvalue weighted by molar-refractivity contribution is 0.0723. The molecule has 0 spiro atoms. The molecule has 0 atom stereocenters. The zero-order chi connectivity index (χ0) is 12.3. The zero-order valence-electron chi connectivity index (χ0n) is 9.49. The van der Waals surface area contributed by atoms with Crippen molar-refractivity contribution in [1.29, 1.82) is 0 Å². The summed E-state index contributed by atoms with van der Waals surface area (Å²) in [6, 6.07) is 3.99. The van der Waals surface area contributed by atoms with Crippen LogP contribution in [0.1, 0.15) is 40.0 Å². The number of nitrogens with zero attached hydrogens (tertiary/aromatic N) is 1. The molecule has 1 heterocycles. The summed E-state index contributed by atoms with van der Waals surface area (Å²) in [4.78, 5) is 24.2. The van der Waals surface area contributed by atoms with Gasteiger partial charge >= 0.3 is 0 Å². The second kappa shape index (κ2) is 5.08. The Balaban J connectivity index is 2.18. The van der Waals surface area contributed by atoms with Gasteiger partial charge in [0.05, 0.1) is 5.56 Å². The lowest BCUT2D eigenvalue weighted by Crippen LogP contribution is -2.35. The van der Waals surface area contributed by atoms with E-state index in [0.717, 1.165) is 38.4 Å². The molecule has 3 nitrogen and oxygen atoms in total. The molecular formula is C13H14FNO2. The van der Waals surface area contributed by atoms with Crippen LogP contribution < -0.4 is 0 Å². The van der Waals surface area contributed by atoms with Crippen LogP contribution in [0.3, 0.4) is 0 Å². The molecular weight excluding hydrogens is 221 g/mol. The molecule has 17 heavy (non-hydrogen) atoms. The molecule has 1 aromatic carbocycles. The molecule has 1 fully saturated rings. The highest BCUT2D eigenvalue weighted by Crippen LogP contribution is 2.15. The van der Waals surface area contributed by atoms with Crippen LogP contribution in [-0.2, 0) is 0 Å². The summed E-state index contributed by atoms with van der Waals surface area (Å²) in [6.45, 7) is 1.46. The summed E-state index contributed by atoms with van der Waals surface area (Å²) >= 11 is 0. The monoisotopic (exact) mass is 235 g/mol. The van der Waals surface area contributed by atoms with E-state index in [1.807, 2.05) is 0 Å². The number of benzene rings is 1. The number of carbonyl (C=O) groups is 2. The van der Waals surface area contributed by atoms with Crippen LogP contribution in [0.5, 0.6) is 0 Å². The summed E-state index contributed by atoms with van der Waals surface area (Å²) in [5.74, 6) is -0.788. The number of hydrogen-bond acceptors (Lipinski definition) is 2. The van der Waals surface area contributed by atoms with Crippen molar-refractivity contribution in [1.82, 2.24) is 4.90 Å². The Morgan fingerprint density at radius 3 is 2.53 bits per heavy atom. The number of aldehydes is 1. The fourth-order valence-corrected chi connectivity index (χ4v) is 2.04. The Morgan fingerprint density at radius 1 is 1.24 bits per heavy atom. The standard InChI is InChI=1S/C13H14FNO2/c14-12-8-10(4-5-11(12)9-16)13(17)15-6-2-1-3-7-15/h4-5,8-9H,1-3,6-7H2. The molecule has 0 aromatic heterocycles. The molecule has 2 rings (SSSR count). The molecule has 0 aliphatic carbocycles. The predicted octanol–water partition coefficient (Wildman–Crippen LogP) is 2.26. The first kappa shape index (κ1) is 11.8. The average molecular weight is 235 g/mol. The van der Waals surface area contributed by atoms with Gasteiger partial charge < -0.3 is 4.90 Å². The summed E-state index contributed by atoms with van der Waals surface area (Å²) in [7, 11) is 0. The van der Waals surface area contributed by atoms with Gasteiger partial charge in [0.15, 0.2) is 6.29 Å². The first-order chi connectivity index (χ1) is 8.22. The molecule has 1 saturated heterocycles. The number of halogens is 1. The van der Waals surface area contributed by atoms with Crippen LogP contribution >= 0.6 is 0 Å². The van der Waals surface area contributed by atoms with Gasteiger partial charge in [0, 0.05) is 18.7 Å². The Morgan fingerprint density at radius 2 is 1.94 bits per heavy atom. The molecule has 1 aliphatic heterocycles. The zero-order valence-corrected chi connectivity index (χ0v) is 9.49. The number of hydrogen-bond donors (Lipinski definition) is 0. The third-order valence-corrected chi connectivity index (χ3v) is 3.02. The van der Waals surface area contributed by atoms with Gasteiger partial charge in [-0.25, -0.2) is 4.39 Å². The van der Waals surface area contributed by atoms with Crippen LogP contribution in [0.25, 0.3) is 0 Å². The SMILES string of the molecule is O=Cc1ccc(C(=O)N2CCCCC2)cc1F. The summed E-state index contributed by atoms with van der Waals surface area (Å²) < 4.78 is 13.4. The van der Waals surface area contributed by atoms with Crippen molar-refractivity contribution in [3.63, 3.8) is 0 Å². The molecule has 0 N–H and O–H groups in total. The lowest BCUT2D eigenvalue weighted by atomic mass is 10.1. The van der Waals surface area contributed by atoms with Crippen LogP contribution in [0.4, 0.5) is 4.39 Å².